The fourth-order valence-corrected chi connectivity index (χ4v) is 1.38. The number of carboxylic acids is 1. The van der Waals surface area contributed by atoms with Gasteiger partial charge in [0.2, 0.25) is 0 Å². The van der Waals surface area contributed by atoms with Gasteiger partial charge in [-0.2, -0.15) is 0 Å². The molecule has 0 fully saturated rings. The summed E-state index contributed by atoms with van der Waals surface area (Å²) in [7, 11) is 0. The average Bonchev–Trinajstić information content (AvgIpc) is 2.48. The zero-order valence-corrected chi connectivity index (χ0v) is 7.15. The highest BCUT2D eigenvalue weighted by molar-refractivity contribution is 7.13. The van der Waals surface area contributed by atoms with Crippen LogP contribution in [0.15, 0.2) is 17.5 Å². The van der Waals surface area contributed by atoms with Gasteiger partial charge in [0.15, 0.2) is 0 Å². The molecule has 13 heavy (non-hydrogen) atoms. The van der Waals surface area contributed by atoms with Crippen molar-refractivity contribution < 1.29 is 14.8 Å². The third-order valence-corrected chi connectivity index (χ3v) is 2.10. The molecule has 6 heteroatoms. The highest BCUT2D eigenvalue weighted by Gasteiger charge is 2.07. The number of carboxylic acid groups (broad SMARTS) is 1. The maximum absolute atomic E-state index is 10.2. The van der Waals surface area contributed by atoms with E-state index in [4.69, 9.17) is 5.11 Å². The van der Waals surface area contributed by atoms with E-state index in [1.165, 1.54) is 17.5 Å². The van der Waals surface area contributed by atoms with Crippen molar-refractivity contribution in [2.45, 2.75) is 0 Å². The molecule has 0 aliphatic rings. The molecule has 0 aliphatic heterocycles. The van der Waals surface area contributed by atoms with Gasteiger partial charge in [0.25, 0.3) is 0 Å². The van der Waals surface area contributed by atoms with Gasteiger partial charge < -0.3 is 5.11 Å². The molecule has 0 bridgehead atoms. The first-order chi connectivity index (χ1) is 6.09. The lowest BCUT2D eigenvalue weighted by atomic mass is 10.3. The highest BCUT2D eigenvalue weighted by atomic mass is 32.1. The molecule has 0 saturated carbocycles. The average molecular weight is 199 g/mol. The van der Waals surface area contributed by atoms with Crippen molar-refractivity contribution in [1.29, 1.82) is 0 Å². The van der Waals surface area contributed by atoms with Crippen LogP contribution < -0.4 is 0 Å². The Labute approximate surface area is 77.1 Å². The summed E-state index contributed by atoms with van der Waals surface area (Å²) in [6.07, 6.45) is 2.25. The number of nitrogens with zero attached hydrogens (tertiary/aromatic N) is 1. The van der Waals surface area contributed by atoms with E-state index >= 15 is 0 Å². The number of hydrogen-bond donors (Lipinski definition) is 1. The van der Waals surface area contributed by atoms with E-state index in [0.29, 0.717) is 5.56 Å². The molecule has 0 aliphatic carbocycles. The Bertz CT molecular complexity index is 368. The summed E-state index contributed by atoms with van der Waals surface area (Å²) >= 11 is 0.966. The van der Waals surface area contributed by atoms with Gasteiger partial charge in [-0.25, -0.2) is 4.79 Å². The molecule has 1 aromatic rings. The Morgan fingerprint density at radius 3 is 2.85 bits per heavy atom. The quantitative estimate of drug-likeness (QED) is 0.457. The van der Waals surface area contributed by atoms with E-state index < -0.39 is 10.9 Å². The lowest BCUT2D eigenvalue weighted by Gasteiger charge is -1.80. The standard InChI is InChI=1S/C7H5NO4S/c9-7(10)2-1-5-3-6(8(11)12)13-4-5/h1-4H,(H,9,10)/b2-1+. The topological polar surface area (TPSA) is 80.4 Å². The van der Waals surface area contributed by atoms with Crippen LogP contribution in [-0.4, -0.2) is 16.0 Å². The van der Waals surface area contributed by atoms with Crippen LogP contribution in [0, 0.1) is 10.1 Å². The van der Waals surface area contributed by atoms with E-state index in [1.807, 2.05) is 0 Å². The molecule has 1 rings (SSSR count). The molecule has 0 atom stereocenters. The number of thiophene rings is 1. The minimum atomic E-state index is -1.08. The molecule has 0 spiro atoms. The van der Waals surface area contributed by atoms with Crippen LogP contribution in [0.5, 0.6) is 0 Å². The first-order valence-electron chi connectivity index (χ1n) is 3.23. The van der Waals surface area contributed by atoms with E-state index in [0.717, 1.165) is 17.4 Å². The van der Waals surface area contributed by atoms with Crippen molar-refractivity contribution in [3.63, 3.8) is 0 Å². The Morgan fingerprint density at radius 2 is 2.38 bits per heavy atom. The van der Waals surface area contributed by atoms with Crippen molar-refractivity contribution in [2.75, 3.05) is 0 Å². The zero-order valence-electron chi connectivity index (χ0n) is 6.34. The molecule has 1 heterocycles. The predicted molar refractivity (Wildman–Crippen MR) is 47.6 cm³/mol. The smallest absolute Gasteiger partial charge is 0.328 e. The SMILES string of the molecule is O=C(O)/C=C/c1csc([N+](=O)[O-])c1. The van der Waals surface area contributed by atoms with Crippen molar-refractivity contribution in [3.8, 4) is 0 Å². The maximum atomic E-state index is 10.2. The molecule has 0 unspecified atom stereocenters. The third-order valence-electron chi connectivity index (χ3n) is 1.20. The molecule has 5 nitrogen and oxygen atoms in total. The van der Waals surface area contributed by atoms with Crippen LogP contribution in [-0.2, 0) is 4.79 Å². The van der Waals surface area contributed by atoms with Gasteiger partial charge in [0, 0.05) is 17.5 Å². The molecule has 0 aromatic carbocycles. The summed E-state index contributed by atoms with van der Waals surface area (Å²) in [5, 5.41) is 20.0. The molecule has 1 N–H and O–H groups in total. The van der Waals surface area contributed by atoms with E-state index in [2.05, 4.69) is 0 Å². The van der Waals surface area contributed by atoms with Crippen molar-refractivity contribution in [3.05, 3.63) is 33.2 Å². The van der Waals surface area contributed by atoms with Gasteiger partial charge in [-0.3, -0.25) is 10.1 Å². The van der Waals surface area contributed by atoms with E-state index in [-0.39, 0.29) is 5.00 Å². The van der Waals surface area contributed by atoms with Crippen molar-refractivity contribution in [1.82, 2.24) is 0 Å². The predicted octanol–water partition coefficient (Wildman–Crippen LogP) is 1.75. The lowest BCUT2D eigenvalue weighted by Crippen LogP contribution is -1.85. The van der Waals surface area contributed by atoms with Gasteiger partial charge in [-0.05, 0) is 11.6 Å². The van der Waals surface area contributed by atoms with Gasteiger partial charge in [-0.1, -0.05) is 11.3 Å². The maximum Gasteiger partial charge on any atom is 0.328 e. The highest BCUT2D eigenvalue weighted by Crippen LogP contribution is 2.23. The number of carbonyl (C=O) groups is 1. The molecule has 0 saturated heterocycles. The summed E-state index contributed by atoms with van der Waals surface area (Å²) < 4.78 is 0. The van der Waals surface area contributed by atoms with Crippen molar-refractivity contribution >= 4 is 28.4 Å². The Kier molecular flexibility index (Phi) is 2.76. The Hall–Kier alpha value is -1.69. The van der Waals surface area contributed by atoms with E-state index in [1.54, 1.807) is 0 Å². The molecule has 1 aromatic heterocycles. The Balaban J connectivity index is 2.80. The number of hydrogen-bond acceptors (Lipinski definition) is 4. The second-order valence-corrected chi connectivity index (χ2v) is 3.04. The first kappa shape index (κ1) is 9.40. The fraction of sp³-hybridized carbons (Fsp3) is 0. The summed E-state index contributed by atoms with van der Waals surface area (Å²) in [5.74, 6) is -1.08. The summed E-state index contributed by atoms with van der Waals surface area (Å²) in [6.45, 7) is 0. The van der Waals surface area contributed by atoms with Crippen LogP contribution in [0.4, 0.5) is 5.00 Å². The first-order valence-corrected chi connectivity index (χ1v) is 4.11. The summed E-state index contributed by atoms with van der Waals surface area (Å²) in [5.41, 5.74) is 0.527. The Morgan fingerprint density at radius 1 is 1.69 bits per heavy atom. The number of nitro groups is 1. The van der Waals surface area contributed by atoms with Gasteiger partial charge in [0.1, 0.15) is 0 Å². The van der Waals surface area contributed by atoms with E-state index in [9.17, 15) is 14.9 Å². The normalized spacial score (nSPS) is 10.5. The second-order valence-electron chi connectivity index (χ2n) is 2.15. The minimum Gasteiger partial charge on any atom is -0.478 e. The third kappa shape index (κ3) is 2.68. The van der Waals surface area contributed by atoms with Crippen LogP contribution in [0.3, 0.4) is 0 Å². The molecule has 68 valence electrons. The molecular formula is C7H5NO4S. The minimum absolute atomic E-state index is 0.00467. The monoisotopic (exact) mass is 199 g/mol. The number of aliphatic carboxylic acids is 1. The van der Waals surface area contributed by atoms with Gasteiger partial charge in [-0.15, -0.1) is 0 Å². The van der Waals surface area contributed by atoms with Crippen LogP contribution >= 0.6 is 11.3 Å². The van der Waals surface area contributed by atoms with Gasteiger partial charge in [0.05, 0.1) is 4.92 Å². The fourth-order valence-electron chi connectivity index (χ4n) is 0.690. The molecule has 0 amide bonds. The largest absolute Gasteiger partial charge is 0.478 e. The van der Waals surface area contributed by atoms with Crippen LogP contribution in [0.1, 0.15) is 5.56 Å². The van der Waals surface area contributed by atoms with Crippen molar-refractivity contribution in [2.24, 2.45) is 0 Å². The summed E-state index contributed by atoms with van der Waals surface area (Å²) in [4.78, 5) is 19.8. The zero-order chi connectivity index (χ0) is 9.84. The second kappa shape index (κ2) is 3.81. The number of rotatable bonds is 3. The van der Waals surface area contributed by atoms with Crippen LogP contribution in [0.25, 0.3) is 6.08 Å². The summed E-state index contributed by atoms with van der Waals surface area (Å²) in [6, 6.07) is 1.32. The van der Waals surface area contributed by atoms with Gasteiger partial charge >= 0.3 is 11.0 Å². The molecular weight excluding hydrogens is 194 g/mol. The molecule has 0 radical (unpaired) electrons. The van der Waals surface area contributed by atoms with Crippen LogP contribution in [0.2, 0.25) is 0 Å². The lowest BCUT2D eigenvalue weighted by molar-refractivity contribution is -0.380.